The molecule has 0 radical (unpaired) electrons. The van der Waals surface area contributed by atoms with Crippen molar-refractivity contribution in [1.82, 2.24) is 18.9 Å². The average Bonchev–Trinajstić information content (AvgIpc) is 3.82. The zero-order valence-corrected chi connectivity index (χ0v) is 31.9. The molecule has 0 saturated carbocycles. The van der Waals surface area contributed by atoms with Gasteiger partial charge in [-0.25, -0.2) is 4.98 Å². The Morgan fingerprint density at radius 3 is 2.26 bits per heavy atom. The molecular formula is C46H31N5OPdSi. The van der Waals surface area contributed by atoms with E-state index in [0.717, 1.165) is 60.6 Å². The fourth-order valence-electron chi connectivity index (χ4n) is 8.41. The number of ether oxygens (including phenoxy) is 1. The number of fused-ring (bicyclic) bond motifs is 11. The number of imidazole rings is 1. The third-order valence-corrected chi connectivity index (χ3v) is 14.4. The van der Waals surface area contributed by atoms with Crippen molar-refractivity contribution in [3.63, 3.8) is 0 Å². The van der Waals surface area contributed by atoms with Crippen LogP contribution in [0.5, 0.6) is 11.5 Å². The van der Waals surface area contributed by atoms with Crippen molar-refractivity contribution in [3.8, 4) is 17.2 Å². The van der Waals surface area contributed by atoms with Gasteiger partial charge in [-0.3, -0.25) is 4.98 Å². The standard InChI is InChI=1S/C46H31N5OSi.Pd/c1-53(2)43-20-9-8-19-40(43)50(30-12-4-3-5-13-30)42-28-37-36-17-11-23-47-46(36)51(41(37)29-44(42)53)31-14-10-15-32(26-31)52-33-21-22-34-35-16-6-7-18-39(35)49-25-24-48-45(49)38(34)27-33;/h3-25,28-29H,1-2H3;/q-2;+2. The minimum Gasteiger partial charge on any atom is -0.503 e. The third kappa shape index (κ3) is 4.74. The largest absolute Gasteiger partial charge is 2.00 e. The summed E-state index contributed by atoms with van der Waals surface area (Å²) in [5, 5.41) is 8.19. The minimum absolute atomic E-state index is 0. The number of anilines is 3. The second-order valence-corrected chi connectivity index (χ2v) is 18.5. The number of benzene rings is 6. The van der Waals surface area contributed by atoms with E-state index in [4.69, 9.17) is 9.72 Å². The van der Waals surface area contributed by atoms with Crippen LogP contribution in [0.3, 0.4) is 0 Å². The zero-order valence-electron chi connectivity index (χ0n) is 29.4. The number of hydrogen-bond acceptors (Lipinski definition) is 4. The summed E-state index contributed by atoms with van der Waals surface area (Å²) in [5.74, 6) is 1.20. The van der Waals surface area contributed by atoms with E-state index >= 15 is 0 Å². The molecule has 0 unspecified atom stereocenters. The maximum absolute atomic E-state index is 6.53. The second kappa shape index (κ2) is 12.3. The molecule has 0 aliphatic carbocycles. The smallest absolute Gasteiger partial charge is 0.503 e. The Bertz CT molecular complexity index is 3100. The molecule has 11 rings (SSSR count). The van der Waals surface area contributed by atoms with E-state index in [-0.39, 0.29) is 20.4 Å². The Kier molecular flexibility index (Phi) is 7.40. The van der Waals surface area contributed by atoms with Crippen LogP contribution in [0.15, 0.2) is 152 Å². The summed E-state index contributed by atoms with van der Waals surface area (Å²) in [6, 6.07) is 54.3. The van der Waals surface area contributed by atoms with Gasteiger partial charge in [0.2, 0.25) is 0 Å². The minimum atomic E-state index is -2.13. The molecule has 1 aliphatic rings. The van der Waals surface area contributed by atoms with Gasteiger partial charge in [0, 0.05) is 63.4 Å². The van der Waals surface area contributed by atoms with Crippen LogP contribution in [0.1, 0.15) is 0 Å². The van der Waals surface area contributed by atoms with Gasteiger partial charge >= 0.3 is 20.4 Å². The monoisotopic (exact) mass is 803 g/mol. The molecule has 1 aliphatic heterocycles. The number of rotatable bonds is 4. The molecule has 6 nitrogen and oxygen atoms in total. The van der Waals surface area contributed by atoms with Gasteiger partial charge in [-0.05, 0) is 64.3 Å². The number of aromatic nitrogens is 4. The van der Waals surface area contributed by atoms with Gasteiger partial charge in [-0.2, -0.15) is 6.07 Å². The first-order valence-electron chi connectivity index (χ1n) is 17.8. The molecule has 10 aromatic rings. The van der Waals surface area contributed by atoms with Gasteiger partial charge in [0.1, 0.15) is 13.7 Å². The first-order chi connectivity index (χ1) is 26.0. The third-order valence-electron chi connectivity index (χ3n) is 10.8. The van der Waals surface area contributed by atoms with Crippen molar-refractivity contribution in [1.29, 1.82) is 0 Å². The number of pyridine rings is 2. The van der Waals surface area contributed by atoms with Crippen LogP contribution < -0.4 is 20.0 Å². The first-order valence-corrected chi connectivity index (χ1v) is 20.8. The molecule has 8 heteroatoms. The van der Waals surface area contributed by atoms with Crippen LogP contribution in [-0.2, 0) is 20.4 Å². The Balaban J connectivity index is 0.00000361. The summed E-state index contributed by atoms with van der Waals surface area (Å²) in [6.07, 6.45) is 5.69. The van der Waals surface area contributed by atoms with E-state index in [1.54, 1.807) is 0 Å². The van der Waals surface area contributed by atoms with E-state index in [2.05, 4.69) is 153 Å². The molecule has 0 atom stereocenters. The fourth-order valence-corrected chi connectivity index (χ4v) is 11.4. The molecule has 5 heterocycles. The van der Waals surface area contributed by atoms with Gasteiger partial charge in [0.05, 0.1) is 11.2 Å². The predicted molar refractivity (Wildman–Crippen MR) is 218 cm³/mol. The number of hydrogen-bond donors (Lipinski definition) is 0. The van der Waals surface area contributed by atoms with Crippen molar-refractivity contribution < 1.29 is 25.2 Å². The number of nitrogens with zero attached hydrogens (tertiary/aromatic N) is 5. The second-order valence-electron chi connectivity index (χ2n) is 14.2. The van der Waals surface area contributed by atoms with Crippen LogP contribution in [0.2, 0.25) is 13.1 Å². The molecule has 4 aromatic heterocycles. The SMILES string of the molecule is C[Si]1(C)c2ccccc2N(c2ccccc2)c2cc3c4cccnc4n(-c4[c-]c(Oc5[c-]c6c(cc5)c5ccccc5n5ccnc65)ccc4)c3cc21.[Pd+2]. The molecule has 54 heavy (non-hydrogen) atoms. The maximum Gasteiger partial charge on any atom is 2.00 e. The van der Waals surface area contributed by atoms with Crippen molar-refractivity contribution in [2.75, 3.05) is 4.90 Å². The van der Waals surface area contributed by atoms with Crippen molar-refractivity contribution in [2.24, 2.45) is 0 Å². The summed E-state index contributed by atoms with van der Waals surface area (Å²) in [6.45, 7) is 4.93. The van der Waals surface area contributed by atoms with Crippen molar-refractivity contribution in [3.05, 3.63) is 164 Å². The first kappa shape index (κ1) is 32.6. The zero-order chi connectivity index (χ0) is 35.3. The Morgan fingerprint density at radius 1 is 0.574 bits per heavy atom. The quantitative estimate of drug-likeness (QED) is 0.101. The molecule has 0 saturated heterocycles. The Hall–Kier alpha value is -6.04. The molecule has 0 fully saturated rings. The average molecular weight is 804 g/mol. The summed E-state index contributed by atoms with van der Waals surface area (Å²) >= 11 is 0. The van der Waals surface area contributed by atoms with Gasteiger partial charge in [0.15, 0.2) is 0 Å². The van der Waals surface area contributed by atoms with Crippen molar-refractivity contribution >= 4 is 84.8 Å². The normalized spacial score (nSPS) is 13.3. The van der Waals surface area contributed by atoms with Crippen LogP contribution in [0, 0.1) is 12.1 Å². The maximum atomic E-state index is 6.53. The van der Waals surface area contributed by atoms with E-state index < -0.39 is 8.07 Å². The number of para-hydroxylation sites is 3. The summed E-state index contributed by atoms with van der Waals surface area (Å²) in [5.41, 5.74) is 8.44. The Morgan fingerprint density at radius 2 is 1.35 bits per heavy atom. The van der Waals surface area contributed by atoms with Gasteiger partial charge in [-0.1, -0.05) is 90.2 Å². The summed E-state index contributed by atoms with van der Waals surface area (Å²) in [7, 11) is -2.13. The molecule has 0 amide bonds. The van der Waals surface area contributed by atoms with Crippen molar-refractivity contribution in [2.45, 2.75) is 13.1 Å². The predicted octanol–water partition coefficient (Wildman–Crippen LogP) is 10.1. The molecular weight excluding hydrogens is 773 g/mol. The molecule has 6 aromatic carbocycles. The van der Waals surface area contributed by atoms with Crippen LogP contribution in [-0.4, -0.2) is 27.0 Å². The van der Waals surface area contributed by atoms with Crippen LogP contribution in [0.4, 0.5) is 17.1 Å². The van der Waals surface area contributed by atoms with Gasteiger partial charge in [0.25, 0.3) is 0 Å². The summed E-state index contributed by atoms with van der Waals surface area (Å²) < 4.78 is 10.9. The van der Waals surface area contributed by atoms with E-state index in [1.807, 2.05) is 42.9 Å². The van der Waals surface area contributed by atoms with Crippen LogP contribution in [0.25, 0.3) is 54.9 Å². The van der Waals surface area contributed by atoms with Gasteiger partial charge in [-0.15, -0.1) is 30.3 Å². The molecule has 0 spiro atoms. The molecule has 0 N–H and O–H groups in total. The van der Waals surface area contributed by atoms with Gasteiger partial charge < -0.3 is 18.6 Å². The van der Waals surface area contributed by atoms with E-state index in [9.17, 15) is 0 Å². The summed E-state index contributed by atoms with van der Waals surface area (Å²) in [4.78, 5) is 12.1. The van der Waals surface area contributed by atoms with E-state index in [1.165, 1.54) is 21.7 Å². The molecule has 260 valence electrons. The molecule has 0 bridgehead atoms. The van der Waals surface area contributed by atoms with E-state index in [0.29, 0.717) is 11.5 Å². The topological polar surface area (TPSA) is 47.6 Å². The van der Waals surface area contributed by atoms with Crippen LogP contribution >= 0.6 is 0 Å². The fraction of sp³-hybridized carbons (Fsp3) is 0.0435. The Labute approximate surface area is 326 Å².